The standard InChI is InChI=1S/C20H17NO4S/c1-12-6-4-7-13-17(12)19(23)21(18(13)22)14-8-2-3-9-15(14)25-20(24)16-10-5-11-26-16/h2-6,8-13,17H,7H2,1H3/t12-,13+,17+/m1/s1. The van der Waals surface area contributed by atoms with Crippen LogP contribution in [-0.4, -0.2) is 17.8 Å². The van der Waals surface area contributed by atoms with Crippen LogP contribution >= 0.6 is 11.3 Å². The number of carbonyl (C=O) groups is 3. The highest BCUT2D eigenvalue weighted by molar-refractivity contribution is 7.12. The van der Waals surface area contributed by atoms with E-state index >= 15 is 0 Å². The molecular formula is C20H17NO4S. The maximum atomic E-state index is 13.0. The Bertz CT molecular complexity index is 902. The van der Waals surface area contributed by atoms with Crippen LogP contribution in [0, 0.1) is 17.8 Å². The van der Waals surface area contributed by atoms with Gasteiger partial charge in [0.05, 0.1) is 17.5 Å². The van der Waals surface area contributed by atoms with Gasteiger partial charge in [0.25, 0.3) is 0 Å². The largest absolute Gasteiger partial charge is 0.420 e. The molecule has 0 radical (unpaired) electrons. The minimum Gasteiger partial charge on any atom is -0.420 e. The molecule has 2 aromatic rings. The fourth-order valence-corrected chi connectivity index (χ4v) is 4.26. The molecule has 1 fully saturated rings. The van der Waals surface area contributed by atoms with Gasteiger partial charge in [-0.05, 0) is 35.9 Å². The number of fused-ring (bicyclic) bond motifs is 1. The molecule has 26 heavy (non-hydrogen) atoms. The van der Waals surface area contributed by atoms with Crippen LogP contribution in [0.25, 0.3) is 0 Å². The minimum atomic E-state index is -0.501. The summed E-state index contributed by atoms with van der Waals surface area (Å²) in [5.41, 5.74) is 0.328. The first-order chi connectivity index (χ1) is 12.6. The van der Waals surface area contributed by atoms with Gasteiger partial charge in [0.2, 0.25) is 11.8 Å². The Hall–Kier alpha value is -2.73. The number of esters is 1. The van der Waals surface area contributed by atoms with Crippen LogP contribution in [-0.2, 0) is 9.59 Å². The Morgan fingerprint density at radius 2 is 1.96 bits per heavy atom. The van der Waals surface area contributed by atoms with Gasteiger partial charge in [0.15, 0.2) is 5.75 Å². The molecule has 1 saturated heterocycles. The van der Waals surface area contributed by atoms with E-state index in [1.165, 1.54) is 16.2 Å². The molecule has 0 saturated carbocycles. The van der Waals surface area contributed by atoms with Gasteiger partial charge in [0, 0.05) is 0 Å². The highest BCUT2D eigenvalue weighted by Gasteiger charge is 2.51. The number of benzene rings is 1. The Morgan fingerprint density at radius 3 is 2.69 bits per heavy atom. The molecule has 3 atom stereocenters. The summed E-state index contributed by atoms with van der Waals surface area (Å²) in [4.78, 5) is 39.8. The lowest BCUT2D eigenvalue weighted by Gasteiger charge is -2.22. The molecule has 4 rings (SSSR count). The summed E-state index contributed by atoms with van der Waals surface area (Å²) in [6.07, 6.45) is 4.51. The molecule has 0 unspecified atom stereocenters. The second-order valence-electron chi connectivity index (χ2n) is 6.50. The van der Waals surface area contributed by atoms with Crippen molar-refractivity contribution in [1.29, 1.82) is 0 Å². The van der Waals surface area contributed by atoms with Crippen molar-refractivity contribution < 1.29 is 19.1 Å². The maximum absolute atomic E-state index is 13.0. The van der Waals surface area contributed by atoms with Gasteiger partial charge in [0.1, 0.15) is 4.88 Å². The highest BCUT2D eigenvalue weighted by atomic mass is 32.1. The minimum absolute atomic E-state index is 0.0102. The van der Waals surface area contributed by atoms with Crippen LogP contribution in [0.5, 0.6) is 5.75 Å². The van der Waals surface area contributed by atoms with E-state index in [9.17, 15) is 14.4 Å². The number of rotatable bonds is 3. The lowest BCUT2D eigenvalue weighted by Crippen LogP contribution is -2.32. The zero-order valence-corrected chi connectivity index (χ0v) is 14.9. The first-order valence-corrected chi connectivity index (χ1v) is 9.35. The van der Waals surface area contributed by atoms with Gasteiger partial charge in [-0.2, -0.15) is 0 Å². The van der Waals surface area contributed by atoms with Crippen LogP contribution in [0.3, 0.4) is 0 Å². The lowest BCUT2D eigenvalue weighted by molar-refractivity contribution is -0.122. The van der Waals surface area contributed by atoms with E-state index in [-0.39, 0.29) is 35.3 Å². The second-order valence-corrected chi connectivity index (χ2v) is 7.45. The fraction of sp³-hybridized carbons (Fsp3) is 0.250. The molecule has 6 heteroatoms. The third kappa shape index (κ3) is 2.66. The fourth-order valence-electron chi connectivity index (χ4n) is 3.66. The Morgan fingerprint density at radius 1 is 1.15 bits per heavy atom. The Kier molecular flexibility index (Phi) is 4.20. The number of nitrogens with zero attached hydrogens (tertiary/aromatic N) is 1. The number of ether oxygens (including phenoxy) is 1. The van der Waals surface area contributed by atoms with Crippen LogP contribution < -0.4 is 9.64 Å². The molecule has 1 aliphatic heterocycles. The highest BCUT2D eigenvalue weighted by Crippen LogP contribution is 2.42. The van der Waals surface area contributed by atoms with Crippen molar-refractivity contribution in [3.8, 4) is 5.75 Å². The number of allylic oxidation sites excluding steroid dienone is 2. The molecule has 2 heterocycles. The molecular weight excluding hydrogens is 350 g/mol. The molecule has 2 aliphatic rings. The average Bonchev–Trinajstić information content (AvgIpc) is 3.25. The molecule has 1 aliphatic carbocycles. The summed E-state index contributed by atoms with van der Waals surface area (Å²) in [6, 6.07) is 10.1. The zero-order chi connectivity index (χ0) is 18.3. The van der Waals surface area contributed by atoms with Crippen molar-refractivity contribution in [3.63, 3.8) is 0 Å². The molecule has 5 nitrogen and oxygen atoms in total. The molecule has 0 spiro atoms. The summed E-state index contributed by atoms with van der Waals surface area (Å²) in [5.74, 6) is -1.42. The van der Waals surface area contributed by atoms with E-state index in [2.05, 4.69) is 0 Å². The van der Waals surface area contributed by atoms with Crippen molar-refractivity contribution in [2.75, 3.05) is 4.90 Å². The summed E-state index contributed by atoms with van der Waals surface area (Å²) in [5, 5.41) is 1.79. The number of imide groups is 1. The van der Waals surface area contributed by atoms with Crippen molar-refractivity contribution in [2.45, 2.75) is 13.3 Å². The first-order valence-electron chi connectivity index (χ1n) is 8.47. The van der Waals surface area contributed by atoms with Crippen LogP contribution in [0.4, 0.5) is 5.69 Å². The average molecular weight is 367 g/mol. The number of hydrogen-bond acceptors (Lipinski definition) is 5. The van der Waals surface area contributed by atoms with E-state index in [1.54, 1.807) is 41.8 Å². The number of carbonyl (C=O) groups excluding carboxylic acids is 3. The van der Waals surface area contributed by atoms with Gasteiger partial charge in [-0.25, -0.2) is 9.69 Å². The van der Waals surface area contributed by atoms with Crippen molar-refractivity contribution in [2.24, 2.45) is 17.8 Å². The predicted octanol–water partition coefficient (Wildman–Crippen LogP) is 3.67. The summed E-state index contributed by atoms with van der Waals surface area (Å²) < 4.78 is 5.49. The molecule has 0 bridgehead atoms. The monoisotopic (exact) mass is 367 g/mol. The maximum Gasteiger partial charge on any atom is 0.353 e. The lowest BCUT2D eigenvalue weighted by atomic mass is 9.78. The normalized spacial score (nSPS) is 24.7. The van der Waals surface area contributed by atoms with Crippen LogP contribution in [0.15, 0.2) is 53.9 Å². The van der Waals surface area contributed by atoms with E-state index in [0.717, 1.165) is 0 Å². The SMILES string of the molecule is C[C@@H]1C=CC[C@@H]2C(=O)N(c3ccccc3OC(=O)c3cccs3)C(=O)[C@@H]12. The van der Waals surface area contributed by atoms with Crippen molar-refractivity contribution in [1.82, 2.24) is 0 Å². The number of hydrogen-bond donors (Lipinski definition) is 0. The third-order valence-electron chi connectivity index (χ3n) is 4.90. The van der Waals surface area contributed by atoms with E-state index in [4.69, 9.17) is 4.74 Å². The van der Waals surface area contributed by atoms with E-state index in [0.29, 0.717) is 17.0 Å². The van der Waals surface area contributed by atoms with Gasteiger partial charge in [-0.3, -0.25) is 9.59 Å². The molecule has 1 aromatic carbocycles. The van der Waals surface area contributed by atoms with Gasteiger partial charge < -0.3 is 4.74 Å². The van der Waals surface area contributed by atoms with Crippen molar-refractivity contribution in [3.05, 3.63) is 58.8 Å². The quantitative estimate of drug-likeness (QED) is 0.359. The predicted molar refractivity (Wildman–Crippen MR) is 98.1 cm³/mol. The number of anilines is 1. The number of amides is 2. The van der Waals surface area contributed by atoms with Crippen LogP contribution in [0.2, 0.25) is 0 Å². The zero-order valence-electron chi connectivity index (χ0n) is 14.1. The van der Waals surface area contributed by atoms with Crippen LogP contribution in [0.1, 0.15) is 23.0 Å². The second kappa shape index (κ2) is 6.53. The number of thiophene rings is 1. The molecule has 2 amide bonds. The third-order valence-corrected chi connectivity index (χ3v) is 5.75. The first kappa shape index (κ1) is 16.7. The van der Waals surface area contributed by atoms with E-state index < -0.39 is 5.97 Å². The summed E-state index contributed by atoms with van der Waals surface area (Å²) in [6.45, 7) is 1.95. The smallest absolute Gasteiger partial charge is 0.353 e. The van der Waals surface area contributed by atoms with Gasteiger partial charge in [-0.1, -0.05) is 37.3 Å². The topological polar surface area (TPSA) is 63.7 Å². The van der Waals surface area contributed by atoms with Gasteiger partial charge >= 0.3 is 5.97 Å². The summed E-state index contributed by atoms with van der Waals surface area (Å²) in [7, 11) is 0. The van der Waals surface area contributed by atoms with Gasteiger partial charge in [-0.15, -0.1) is 11.3 Å². The number of para-hydroxylation sites is 2. The van der Waals surface area contributed by atoms with Crippen molar-refractivity contribution >= 4 is 34.8 Å². The Labute approximate surface area is 154 Å². The molecule has 0 N–H and O–H groups in total. The summed E-state index contributed by atoms with van der Waals surface area (Å²) >= 11 is 1.28. The van der Waals surface area contributed by atoms with E-state index in [1.807, 2.05) is 19.1 Å². The Balaban J connectivity index is 1.67. The molecule has 132 valence electrons. The molecule has 1 aromatic heterocycles.